The normalized spacial score (nSPS) is 10.1. The number of aryl methyl sites for hydroxylation is 1. The fraction of sp³-hybridized carbons (Fsp3) is 0.0714. The van der Waals surface area contributed by atoms with Crippen LogP contribution < -0.4 is 5.73 Å². The Morgan fingerprint density at radius 3 is 2.50 bits per heavy atom. The van der Waals surface area contributed by atoms with Crippen LogP contribution in [-0.4, -0.2) is 6.29 Å². The van der Waals surface area contributed by atoms with Gasteiger partial charge in [-0.1, -0.05) is 42.0 Å². The summed E-state index contributed by atoms with van der Waals surface area (Å²) in [5, 5.41) is 0. The van der Waals surface area contributed by atoms with Crippen molar-refractivity contribution in [3.8, 4) is 11.1 Å². The molecule has 2 N–H and O–H groups in total. The lowest BCUT2D eigenvalue weighted by molar-refractivity contribution is 0.112. The zero-order valence-electron chi connectivity index (χ0n) is 9.10. The molecule has 80 valence electrons. The van der Waals surface area contributed by atoms with Gasteiger partial charge in [-0.05, 0) is 18.6 Å². The molecule has 0 radical (unpaired) electrons. The van der Waals surface area contributed by atoms with E-state index in [0.717, 1.165) is 23.0 Å². The number of nitrogen functional groups attached to an aromatic ring is 1. The van der Waals surface area contributed by atoms with Crippen LogP contribution in [0.1, 0.15) is 15.9 Å². The summed E-state index contributed by atoms with van der Waals surface area (Å²) in [6.45, 7) is 2.00. The van der Waals surface area contributed by atoms with Crippen molar-refractivity contribution in [3.05, 3.63) is 53.6 Å². The molecule has 2 heteroatoms. The van der Waals surface area contributed by atoms with Crippen molar-refractivity contribution in [2.45, 2.75) is 6.92 Å². The fourth-order valence-electron chi connectivity index (χ4n) is 1.75. The van der Waals surface area contributed by atoms with Crippen LogP contribution in [-0.2, 0) is 0 Å². The highest BCUT2D eigenvalue weighted by Crippen LogP contribution is 2.28. The van der Waals surface area contributed by atoms with Crippen LogP contribution in [0.25, 0.3) is 11.1 Å². The standard InChI is InChI=1S/C14H13NO/c1-10-6-7-11(9-16)13(8-10)12-4-2-3-5-14(12)15/h2-9H,15H2,1H3. The second-order valence-corrected chi connectivity index (χ2v) is 3.80. The Labute approximate surface area is 94.7 Å². The molecule has 2 rings (SSSR count). The predicted molar refractivity (Wildman–Crippen MR) is 66.4 cm³/mol. The SMILES string of the molecule is Cc1ccc(C=O)c(-c2ccccc2N)c1. The van der Waals surface area contributed by atoms with E-state index in [1.54, 1.807) is 0 Å². The Balaban J connectivity index is 2.67. The largest absolute Gasteiger partial charge is 0.398 e. The Morgan fingerprint density at radius 2 is 1.81 bits per heavy atom. The summed E-state index contributed by atoms with van der Waals surface area (Å²) in [5.74, 6) is 0. The lowest BCUT2D eigenvalue weighted by Crippen LogP contribution is -1.93. The summed E-state index contributed by atoms with van der Waals surface area (Å²) in [6, 6.07) is 13.3. The third-order valence-corrected chi connectivity index (χ3v) is 2.59. The minimum atomic E-state index is 0.670. The van der Waals surface area contributed by atoms with E-state index in [1.165, 1.54) is 0 Å². The maximum absolute atomic E-state index is 11.0. The maximum Gasteiger partial charge on any atom is 0.150 e. The van der Waals surface area contributed by atoms with E-state index in [-0.39, 0.29) is 0 Å². The smallest absolute Gasteiger partial charge is 0.150 e. The first-order valence-corrected chi connectivity index (χ1v) is 5.13. The van der Waals surface area contributed by atoms with Crippen LogP contribution in [0.2, 0.25) is 0 Å². The summed E-state index contributed by atoms with van der Waals surface area (Å²) in [6.07, 6.45) is 0.862. The van der Waals surface area contributed by atoms with Crippen LogP contribution >= 0.6 is 0 Å². The zero-order chi connectivity index (χ0) is 11.5. The molecule has 0 atom stereocenters. The predicted octanol–water partition coefficient (Wildman–Crippen LogP) is 3.06. The molecule has 0 aromatic heterocycles. The van der Waals surface area contributed by atoms with Gasteiger partial charge in [-0.3, -0.25) is 4.79 Å². The lowest BCUT2D eigenvalue weighted by atomic mass is 9.97. The van der Waals surface area contributed by atoms with Gasteiger partial charge in [0.2, 0.25) is 0 Å². The molecule has 0 aliphatic heterocycles. The third-order valence-electron chi connectivity index (χ3n) is 2.59. The van der Waals surface area contributed by atoms with Crippen LogP contribution in [0.5, 0.6) is 0 Å². The molecule has 2 aromatic rings. The minimum Gasteiger partial charge on any atom is -0.398 e. The number of aldehydes is 1. The molecule has 16 heavy (non-hydrogen) atoms. The quantitative estimate of drug-likeness (QED) is 0.612. The van der Waals surface area contributed by atoms with Crippen molar-refractivity contribution in [2.24, 2.45) is 0 Å². The van der Waals surface area contributed by atoms with Gasteiger partial charge in [-0.25, -0.2) is 0 Å². The topological polar surface area (TPSA) is 43.1 Å². The minimum absolute atomic E-state index is 0.670. The molecule has 0 unspecified atom stereocenters. The third kappa shape index (κ3) is 1.82. The highest BCUT2D eigenvalue weighted by Gasteiger charge is 2.07. The second-order valence-electron chi connectivity index (χ2n) is 3.80. The van der Waals surface area contributed by atoms with Crippen LogP contribution in [0.3, 0.4) is 0 Å². The highest BCUT2D eigenvalue weighted by molar-refractivity contribution is 5.91. The van der Waals surface area contributed by atoms with E-state index < -0.39 is 0 Å². The Kier molecular flexibility index (Phi) is 2.73. The summed E-state index contributed by atoms with van der Waals surface area (Å²) in [5.41, 5.74) is 10.2. The lowest BCUT2D eigenvalue weighted by Gasteiger charge is -2.09. The summed E-state index contributed by atoms with van der Waals surface area (Å²) < 4.78 is 0. The fourth-order valence-corrected chi connectivity index (χ4v) is 1.75. The van der Waals surface area contributed by atoms with Gasteiger partial charge in [0.15, 0.2) is 6.29 Å². The first-order chi connectivity index (χ1) is 7.72. The number of para-hydroxylation sites is 1. The van der Waals surface area contributed by atoms with Gasteiger partial charge in [0.05, 0.1) is 0 Å². The number of anilines is 1. The van der Waals surface area contributed by atoms with Gasteiger partial charge in [0.1, 0.15) is 0 Å². The Hall–Kier alpha value is -2.09. The molecule has 0 heterocycles. The van der Waals surface area contributed by atoms with Crippen molar-refractivity contribution >= 4 is 12.0 Å². The van der Waals surface area contributed by atoms with E-state index in [9.17, 15) is 4.79 Å². The molecule has 2 nitrogen and oxygen atoms in total. The van der Waals surface area contributed by atoms with Crippen LogP contribution in [0.15, 0.2) is 42.5 Å². The number of hydrogen-bond acceptors (Lipinski definition) is 2. The molecule has 0 aliphatic rings. The first-order valence-electron chi connectivity index (χ1n) is 5.13. The van der Waals surface area contributed by atoms with Crippen LogP contribution in [0.4, 0.5) is 5.69 Å². The Bertz CT molecular complexity index is 532. The monoisotopic (exact) mass is 211 g/mol. The molecule has 0 saturated carbocycles. The van der Waals surface area contributed by atoms with Crippen molar-refractivity contribution < 1.29 is 4.79 Å². The van der Waals surface area contributed by atoms with E-state index in [1.807, 2.05) is 49.4 Å². The maximum atomic E-state index is 11.0. The molecule has 0 aliphatic carbocycles. The number of carbonyl (C=O) groups is 1. The average molecular weight is 211 g/mol. The van der Waals surface area contributed by atoms with Gasteiger partial charge < -0.3 is 5.73 Å². The summed E-state index contributed by atoms with van der Waals surface area (Å²) in [7, 11) is 0. The molecule has 0 saturated heterocycles. The van der Waals surface area contributed by atoms with Crippen LogP contribution in [0, 0.1) is 6.92 Å². The van der Waals surface area contributed by atoms with Gasteiger partial charge in [-0.15, -0.1) is 0 Å². The van der Waals surface area contributed by atoms with Gasteiger partial charge in [0, 0.05) is 16.8 Å². The van der Waals surface area contributed by atoms with E-state index >= 15 is 0 Å². The van der Waals surface area contributed by atoms with Crippen molar-refractivity contribution in [1.29, 1.82) is 0 Å². The molecular weight excluding hydrogens is 198 g/mol. The van der Waals surface area contributed by atoms with Gasteiger partial charge >= 0.3 is 0 Å². The molecule has 0 bridgehead atoms. The molecule has 0 amide bonds. The molecule has 0 spiro atoms. The second kappa shape index (κ2) is 4.19. The molecule has 0 fully saturated rings. The van der Waals surface area contributed by atoms with E-state index in [2.05, 4.69) is 0 Å². The number of benzene rings is 2. The van der Waals surface area contributed by atoms with Crippen molar-refractivity contribution in [2.75, 3.05) is 5.73 Å². The molecule has 2 aromatic carbocycles. The van der Waals surface area contributed by atoms with E-state index in [0.29, 0.717) is 11.3 Å². The van der Waals surface area contributed by atoms with Gasteiger partial charge in [-0.2, -0.15) is 0 Å². The van der Waals surface area contributed by atoms with Crippen molar-refractivity contribution in [1.82, 2.24) is 0 Å². The highest BCUT2D eigenvalue weighted by atomic mass is 16.1. The Morgan fingerprint density at radius 1 is 1.06 bits per heavy atom. The number of hydrogen-bond donors (Lipinski definition) is 1. The number of rotatable bonds is 2. The summed E-state index contributed by atoms with van der Waals surface area (Å²) in [4.78, 5) is 11.0. The molecular formula is C14H13NO. The number of nitrogens with two attached hydrogens (primary N) is 1. The number of carbonyl (C=O) groups excluding carboxylic acids is 1. The van der Waals surface area contributed by atoms with Crippen molar-refractivity contribution in [3.63, 3.8) is 0 Å². The average Bonchev–Trinajstić information content (AvgIpc) is 2.29. The van der Waals surface area contributed by atoms with Gasteiger partial charge in [0.25, 0.3) is 0 Å². The summed E-state index contributed by atoms with van der Waals surface area (Å²) >= 11 is 0. The first kappa shape index (κ1) is 10.4. The van der Waals surface area contributed by atoms with E-state index in [4.69, 9.17) is 5.73 Å². The zero-order valence-corrected chi connectivity index (χ0v) is 9.10.